The van der Waals surface area contributed by atoms with Crippen molar-refractivity contribution in [3.05, 3.63) is 24.3 Å². The number of carboxylic acids is 1. The maximum Gasteiger partial charge on any atom is 0.303 e. The molecule has 0 aromatic heterocycles. The summed E-state index contributed by atoms with van der Waals surface area (Å²) in [5.74, 6) is -4.27. The molecule has 1 rings (SSSR count). The maximum atomic E-state index is 13.9. The molecule has 2 N–H and O–H groups in total. The summed E-state index contributed by atoms with van der Waals surface area (Å²) < 4.78 is 27.8. The van der Waals surface area contributed by atoms with Gasteiger partial charge in [0.25, 0.3) is 5.92 Å². The minimum absolute atomic E-state index is 0.0515. The van der Waals surface area contributed by atoms with Crippen molar-refractivity contribution in [2.75, 3.05) is 0 Å². The van der Waals surface area contributed by atoms with Gasteiger partial charge in [-0.15, -0.1) is 0 Å². The molecule has 4 nitrogen and oxygen atoms in total. The van der Waals surface area contributed by atoms with E-state index in [1.54, 1.807) is 6.08 Å². The number of hydrogen-bond acceptors (Lipinski definition) is 3. The fourth-order valence-electron chi connectivity index (χ4n) is 3.49. The van der Waals surface area contributed by atoms with Crippen LogP contribution in [0.2, 0.25) is 0 Å². The molecule has 6 heteroatoms. The predicted octanol–water partition coefficient (Wildman–Crippen LogP) is 4.77. The number of hydrogen-bond donors (Lipinski definition) is 2. The zero-order chi connectivity index (χ0) is 20.4. The second kappa shape index (κ2) is 11.3. The van der Waals surface area contributed by atoms with E-state index < -0.39 is 18.0 Å². The van der Waals surface area contributed by atoms with E-state index in [1.807, 2.05) is 26.0 Å². The van der Waals surface area contributed by atoms with E-state index in [4.69, 9.17) is 5.11 Å². The second-order valence-corrected chi connectivity index (χ2v) is 7.52. The number of aliphatic hydroxyl groups excluding tert-OH is 1. The van der Waals surface area contributed by atoms with E-state index in [0.717, 1.165) is 6.08 Å². The summed E-state index contributed by atoms with van der Waals surface area (Å²) in [7, 11) is 0. The van der Waals surface area contributed by atoms with Gasteiger partial charge < -0.3 is 10.2 Å². The second-order valence-electron chi connectivity index (χ2n) is 7.52. The highest BCUT2D eigenvalue weighted by Crippen LogP contribution is 2.38. The first-order chi connectivity index (χ1) is 12.7. The molecule has 0 heterocycles. The van der Waals surface area contributed by atoms with Crippen LogP contribution in [-0.4, -0.2) is 34.0 Å². The summed E-state index contributed by atoms with van der Waals surface area (Å²) in [6, 6.07) is 0. The zero-order valence-corrected chi connectivity index (χ0v) is 16.2. The number of aliphatic hydroxyl groups is 1. The van der Waals surface area contributed by atoms with E-state index >= 15 is 0 Å². The molecule has 1 aliphatic carbocycles. The Labute approximate surface area is 160 Å². The molecule has 1 fully saturated rings. The van der Waals surface area contributed by atoms with Gasteiger partial charge in [0, 0.05) is 25.2 Å². The molecule has 0 spiro atoms. The molecule has 4 atom stereocenters. The Morgan fingerprint density at radius 3 is 2.67 bits per heavy atom. The van der Waals surface area contributed by atoms with E-state index in [0.29, 0.717) is 38.5 Å². The van der Waals surface area contributed by atoms with Crippen LogP contribution in [-0.2, 0) is 9.59 Å². The highest BCUT2D eigenvalue weighted by atomic mass is 19.3. The van der Waals surface area contributed by atoms with Gasteiger partial charge in [-0.2, -0.15) is 0 Å². The quantitative estimate of drug-likeness (QED) is 0.374. The van der Waals surface area contributed by atoms with Gasteiger partial charge in [0.1, 0.15) is 11.9 Å². The lowest BCUT2D eigenvalue weighted by atomic mass is 9.87. The molecule has 0 saturated heterocycles. The molecule has 0 radical (unpaired) electrons. The number of halogens is 2. The molecule has 0 unspecified atom stereocenters. The third kappa shape index (κ3) is 7.91. The summed E-state index contributed by atoms with van der Waals surface area (Å²) in [6.45, 7) is 3.75. The Hall–Kier alpha value is -1.56. The Balaban J connectivity index is 2.63. The summed E-state index contributed by atoms with van der Waals surface area (Å²) in [6.07, 6.45) is 7.49. The average Bonchev–Trinajstić information content (AvgIpc) is 2.86. The number of aliphatic carboxylic acids is 1. The molecule has 0 aromatic carbocycles. The first-order valence-corrected chi connectivity index (χ1v) is 9.82. The Bertz CT molecular complexity index is 542. The number of allylic oxidation sites excluding steroid dienone is 3. The van der Waals surface area contributed by atoms with Crippen LogP contribution < -0.4 is 0 Å². The van der Waals surface area contributed by atoms with Gasteiger partial charge in [-0.3, -0.25) is 9.59 Å². The maximum absolute atomic E-state index is 13.9. The van der Waals surface area contributed by atoms with Crippen LogP contribution in [0.1, 0.15) is 65.2 Å². The molecule has 0 bridgehead atoms. The smallest absolute Gasteiger partial charge is 0.303 e. The van der Waals surface area contributed by atoms with Crippen molar-refractivity contribution in [1.29, 1.82) is 0 Å². The highest BCUT2D eigenvalue weighted by Gasteiger charge is 2.39. The molecule has 0 amide bonds. The molecule has 0 aromatic rings. The number of carbonyl (C=O) groups is 2. The van der Waals surface area contributed by atoms with Crippen LogP contribution in [0.25, 0.3) is 0 Å². The van der Waals surface area contributed by atoms with Crippen LogP contribution in [0, 0.1) is 17.8 Å². The van der Waals surface area contributed by atoms with Crippen LogP contribution >= 0.6 is 0 Å². The van der Waals surface area contributed by atoms with Crippen molar-refractivity contribution in [3.8, 4) is 0 Å². The van der Waals surface area contributed by atoms with Gasteiger partial charge >= 0.3 is 5.97 Å². The minimum atomic E-state index is -3.15. The van der Waals surface area contributed by atoms with E-state index in [1.165, 1.54) is 0 Å². The van der Waals surface area contributed by atoms with Gasteiger partial charge in [-0.05, 0) is 37.5 Å². The number of rotatable bonds is 12. The SMILES string of the molecule is CCCCC(F)(F)[C@H](O)C=C[C@H]1[C@H](C)CC(=O)[C@@H]1CC=CCCCC(=O)O. The van der Waals surface area contributed by atoms with Crippen LogP contribution in [0.4, 0.5) is 8.78 Å². The summed E-state index contributed by atoms with van der Waals surface area (Å²) in [5, 5.41) is 18.4. The molecule has 27 heavy (non-hydrogen) atoms. The van der Waals surface area contributed by atoms with Crippen molar-refractivity contribution >= 4 is 11.8 Å². The molecular weight excluding hydrogens is 354 g/mol. The third-order valence-corrected chi connectivity index (χ3v) is 5.19. The largest absolute Gasteiger partial charge is 0.481 e. The lowest BCUT2D eigenvalue weighted by Crippen LogP contribution is -2.32. The first kappa shape index (κ1) is 23.5. The van der Waals surface area contributed by atoms with E-state index in [2.05, 4.69) is 0 Å². The normalized spacial score (nSPS) is 24.9. The molecule has 1 aliphatic rings. The fourth-order valence-corrected chi connectivity index (χ4v) is 3.49. The van der Waals surface area contributed by atoms with E-state index in [-0.39, 0.29) is 36.4 Å². The standard InChI is InChI=1S/C21H32F2O4/c1-3-4-13-21(22,23)19(25)12-11-16-15(2)14-18(24)17(16)9-7-5-6-8-10-20(26)27/h5,7,11-12,15-17,19,25H,3-4,6,8-10,13-14H2,1-2H3,(H,26,27)/t15-,16+,17-,19-/m1/s1. The first-order valence-electron chi connectivity index (χ1n) is 9.82. The number of carboxylic acid groups (broad SMARTS) is 1. The minimum Gasteiger partial charge on any atom is -0.481 e. The van der Waals surface area contributed by atoms with Gasteiger partial charge in [0.2, 0.25) is 0 Å². The number of ketones is 1. The van der Waals surface area contributed by atoms with Crippen LogP contribution in [0.3, 0.4) is 0 Å². The number of Topliss-reactive ketones (excluding diaryl/α,β-unsaturated/α-hetero) is 1. The Kier molecular flexibility index (Phi) is 9.84. The van der Waals surface area contributed by atoms with Gasteiger partial charge in [0.15, 0.2) is 0 Å². The molecule has 154 valence electrons. The lowest BCUT2D eigenvalue weighted by Gasteiger charge is -2.22. The van der Waals surface area contributed by atoms with Crippen molar-refractivity contribution in [2.24, 2.45) is 17.8 Å². The van der Waals surface area contributed by atoms with E-state index in [9.17, 15) is 23.5 Å². The van der Waals surface area contributed by atoms with Crippen LogP contribution in [0.5, 0.6) is 0 Å². The predicted molar refractivity (Wildman–Crippen MR) is 101 cm³/mol. The van der Waals surface area contributed by atoms with Crippen LogP contribution in [0.15, 0.2) is 24.3 Å². The van der Waals surface area contributed by atoms with Crippen molar-refractivity contribution in [1.82, 2.24) is 0 Å². The Morgan fingerprint density at radius 1 is 1.33 bits per heavy atom. The number of unbranched alkanes of at least 4 members (excludes halogenated alkanes) is 2. The van der Waals surface area contributed by atoms with Gasteiger partial charge in [0.05, 0.1) is 0 Å². The highest BCUT2D eigenvalue weighted by molar-refractivity contribution is 5.84. The lowest BCUT2D eigenvalue weighted by molar-refractivity contribution is -0.137. The number of carbonyl (C=O) groups excluding carboxylic acids is 1. The summed E-state index contributed by atoms with van der Waals surface area (Å²) >= 11 is 0. The summed E-state index contributed by atoms with van der Waals surface area (Å²) in [4.78, 5) is 22.7. The third-order valence-electron chi connectivity index (χ3n) is 5.19. The topological polar surface area (TPSA) is 74.6 Å². The fraction of sp³-hybridized carbons (Fsp3) is 0.714. The van der Waals surface area contributed by atoms with Gasteiger partial charge in [-0.1, -0.05) is 44.6 Å². The average molecular weight is 386 g/mol. The zero-order valence-electron chi connectivity index (χ0n) is 16.2. The number of alkyl halides is 2. The molecule has 0 aliphatic heterocycles. The summed E-state index contributed by atoms with van der Waals surface area (Å²) in [5.41, 5.74) is 0. The van der Waals surface area contributed by atoms with Gasteiger partial charge in [-0.25, -0.2) is 8.78 Å². The van der Waals surface area contributed by atoms with Crippen molar-refractivity contribution < 1.29 is 28.6 Å². The monoisotopic (exact) mass is 386 g/mol. The Morgan fingerprint density at radius 2 is 2.04 bits per heavy atom. The van der Waals surface area contributed by atoms with Crippen molar-refractivity contribution in [2.45, 2.75) is 77.2 Å². The molecule has 1 saturated carbocycles. The van der Waals surface area contributed by atoms with Crippen molar-refractivity contribution in [3.63, 3.8) is 0 Å². The molecular formula is C21H32F2O4.